The molecular formula is C8H10ClIN2S. The van der Waals surface area contributed by atoms with Crippen LogP contribution in [0.4, 0.5) is 0 Å². The minimum absolute atomic E-state index is 0.173. The van der Waals surface area contributed by atoms with Crippen molar-refractivity contribution in [1.82, 2.24) is 10.2 Å². The van der Waals surface area contributed by atoms with Gasteiger partial charge in [-0.05, 0) is 28.7 Å². The van der Waals surface area contributed by atoms with Crippen LogP contribution in [-0.2, 0) is 0 Å². The van der Waals surface area contributed by atoms with Crippen LogP contribution in [0.5, 0.6) is 0 Å². The lowest BCUT2D eigenvalue weighted by molar-refractivity contribution is 0.800. The normalized spacial score (nSPS) is 11.8. The van der Waals surface area contributed by atoms with E-state index in [0.29, 0.717) is 5.15 Å². The van der Waals surface area contributed by atoms with E-state index in [9.17, 15) is 0 Å². The predicted molar refractivity (Wildman–Crippen MR) is 65.4 cm³/mol. The molecule has 0 radical (unpaired) electrons. The highest BCUT2D eigenvalue weighted by atomic mass is 127. The molecule has 0 saturated heterocycles. The Balaban J connectivity index is 2.94. The van der Waals surface area contributed by atoms with Gasteiger partial charge in [-0.25, -0.2) is 0 Å². The molecule has 1 heterocycles. The number of halogens is 2. The molecule has 1 aromatic heterocycles. The summed E-state index contributed by atoms with van der Waals surface area (Å²) in [4.78, 5) is 1.09. The minimum Gasteiger partial charge on any atom is -0.142 e. The van der Waals surface area contributed by atoms with Gasteiger partial charge in [0.1, 0.15) is 3.70 Å². The van der Waals surface area contributed by atoms with Crippen molar-refractivity contribution >= 4 is 46.0 Å². The first-order valence-electron chi connectivity index (χ1n) is 3.76. The van der Waals surface area contributed by atoms with Gasteiger partial charge in [0.25, 0.3) is 0 Å². The third-order valence-electron chi connectivity index (χ3n) is 1.10. The molecular weight excluding hydrogens is 319 g/mol. The molecule has 72 valence electrons. The fraction of sp³-hybridized carbons (Fsp3) is 0.500. The maximum Gasteiger partial charge on any atom is 0.152 e. The van der Waals surface area contributed by atoms with Crippen molar-refractivity contribution in [2.24, 2.45) is 0 Å². The van der Waals surface area contributed by atoms with Gasteiger partial charge < -0.3 is 0 Å². The first-order chi connectivity index (χ1) is 5.88. The van der Waals surface area contributed by atoms with Gasteiger partial charge in [-0.1, -0.05) is 32.4 Å². The monoisotopic (exact) mass is 328 g/mol. The van der Waals surface area contributed by atoms with Gasteiger partial charge in [-0.2, -0.15) is 0 Å². The molecule has 0 spiro atoms. The van der Waals surface area contributed by atoms with Crippen LogP contribution >= 0.6 is 46.0 Å². The summed E-state index contributed by atoms with van der Waals surface area (Å²) in [5.74, 6) is 0. The van der Waals surface area contributed by atoms with Crippen molar-refractivity contribution in [3.63, 3.8) is 0 Å². The van der Waals surface area contributed by atoms with Crippen LogP contribution in [0.15, 0.2) is 11.0 Å². The van der Waals surface area contributed by atoms with Crippen LogP contribution < -0.4 is 0 Å². The van der Waals surface area contributed by atoms with Crippen molar-refractivity contribution in [2.75, 3.05) is 0 Å². The topological polar surface area (TPSA) is 25.8 Å². The third kappa shape index (κ3) is 3.99. The Bertz CT molecular complexity index is 312. The summed E-state index contributed by atoms with van der Waals surface area (Å²) in [6.07, 6.45) is 0. The number of nitrogens with zero attached hydrogens (tertiary/aromatic N) is 2. The molecule has 1 rings (SSSR count). The summed E-state index contributed by atoms with van der Waals surface area (Å²) in [5.41, 5.74) is 0. The average Bonchev–Trinajstić information content (AvgIpc) is 1.94. The zero-order valence-corrected chi connectivity index (χ0v) is 11.4. The highest BCUT2D eigenvalue weighted by Crippen LogP contribution is 2.34. The lowest BCUT2D eigenvalue weighted by Crippen LogP contribution is -2.07. The van der Waals surface area contributed by atoms with Gasteiger partial charge in [0.2, 0.25) is 0 Å². The Hall–Kier alpha value is 0.450. The molecule has 0 aliphatic heterocycles. The van der Waals surface area contributed by atoms with E-state index in [1.165, 1.54) is 0 Å². The molecule has 5 heteroatoms. The highest BCUT2D eigenvalue weighted by molar-refractivity contribution is 14.1. The van der Waals surface area contributed by atoms with E-state index in [1.807, 2.05) is 6.07 Å². The zero-order valence-electron chi connectivity index (χ0n) is 7.64. The van der Waals surface area contributed by atoms with Crippen LogP contribution in [0.2, 0.25) is 5.15 Å². The summed E-state index contributed by atoms with van der Waals surface area (Å²) in [5, 5.41) is 8.16. The van der Waals surface area contributed by atoms with Crippen molar-refractivity contribution in [2.45, 2.75) is 30.4 Å². The van der Waals surface area contributed by atoms with Gasteiger partial charge in [-0.15, -0.1) is 22.0 Å². The van der Waals surface area contributed by atoms with E-state index in [-0.39, 0.29) is 4.75 Å². The smallest absolute Gasteiger partial charge is 0.142 e. The van der Waals surface area contributed by atoms with Crippen molar-refractivity contribution in [3.8, 4) is 0 Å². The fourth-order valence-electron chi connectivity index (χ4n) is 0.739. The molecule has 0 fully saturated rings. The molecule has 0 atom stereocenters. The summed E-state index contributed by atoms with van der Waals surface area (Å²) in [6, 6.07) is 1.85. The molecule has 0 saturated carbocycles. The predicted octanol–water partition coefficient (Wildman–Crippen LogP) is 3.63. The van der Waals surface area contributed by atoms with Gasteiger partial charge in [0.15, 0.2) is 5.15 Å². The Morgan fingerprint density at radius 1 is 1.38 bits per heavy atom. The van der Waals surface area contributed by atoms with E-state index < -0.39 is 0 Å². The Labute approximate surface area is 101 Å². The number of rotatable bonds is 1. The quantitative estimate of drug-likeness (QED) is 0.581. The molecule has 0 unspecified atom stereocenters. The van der Waals surface area contributed by atoms with Gasteiger partial charge in [-0.3, -0.25) is 0 Å². The van der Waals surface area contributed by atoms with E-state index >= 15 is 0 Å². The maximum atomic E-state index is 5.76. The third-order valence-corrected chi connectivity index (χ3v) is 3.59. The number of aromatic nitrogens is 2. The van der Waals surface area contributed by atoms with Gasteiger partial charge in [0, 0.05) is 9.64 Å². The standard InChI is InChI=1S/C8H10ClIN2S/c1-8(2,3)13-5-4-6(9)11-12-7(5)10/h4H,1-3H3. The summed E-state index contributed by atoms with van der Waals surface area (Å²) in [7, 11) is 0. The first kappa shape index (κ1) is 11.5. The SMILES string of the molecule is CC(C)(C)Sc1cc(Cl)nnc1I. The highest BCUT2D eigenvalue weighted by Gasteiger charge is 2.15. The zero-order chi connectivity index (χ0) is 10.1. The second-order valence-electron chi connectivity index (χ2n) is 3.54. The first-order valence-corrected chi connectivity index (χ1v) is 6.03. The molecule has 2 nitrogen and oxygen atoms in total. The van der Waals surface area contributed by atoms with Crippen LogP contribution in [0, 0.1) is 3.70 Å². The summed E-state index contributed by atoms with van der Waals surface area (Å²) in [6.45, 7) is 6.46. The number of hydrogen-bond acceptors (Lipinski definition) is 3. The van der Waals surface area contributed by atoms with Crippen LogP contribution in [0.25, 0.3) is 0 Å². The second kappa shape index (κ2) is 4.31. The molecule has 0 N–H and O–H groups in total. The summed E-state index contributed by atoms with van der Waals surface area (Å²) >= 11 is 9.67. The molecule has 0 aliphatic carbocycles. The molecule has 0 aliphatic rings. The number of thioether (sulfide) groups is 1. The Kier molecular flexibility index (Phi) is 3.82. The lowest BCUT2D eigenvalue weighted by Gasteiger charge is -2.17. The van der Waals surface area contributed by atoms with E-state index in [1.54, 1.807) is 11.8 Å². The van der Waals surface area contributed by atoms with Gasteiger partial charge >= 0.3 is 0 Å². The van der Waals surface area contributed by atoms with Crippen LogP contribution in [-0.4, -0.2) is 14.9 Å². The molecule has 13 heavy (non-hydrogen) atoms. The van der Waals surface area contributed by atoms with E-state index in [4.69, 9.17) is 11.6 Å². The largest absolute Gasteiger partial charge is 0.152 e. The van der Waals surface area contributed by atoms with Crippen LogP contribution in [0.3, 0.4) is 0 Å². The minimum atomic E-state index is 0.173. The molecule has 0 aromatic carbocycles. The van der Waals surface area contributed by atoms with Crippen molar-refractivity contribution in [1.29, 1.82) is 0 Å². The molecule has 0 bridgehead atoms. The van der Waals surface area contributed by atoms with E-state index in [0.717, 1.165) is 8.60 Å². The fourth-order valence-corrected chi connectivity index (χ4v) is 2.50. The van der Waals surface area contributed by atoms with E-state index in [2.05, 4.69) is 53.6 Å². The Morgan fingerprint density at radius 2 is 2.00 bits per heavy atom. The number of hydrogen-bond donors (Lipinski definition) is 0. The maximum absolute atomic E-state index is 5.76. The van der Waals surface area contributed by atoms with Gasteiger partial charge in [0.05, 0.1) is 0 Å². The second-order valence-corrected chi connectivity index (χ2v) is 6.81. The Morgan fingerprint density at radius 3 is 2.54 bits per heavy atom. The molecule has 1 aromatic rings. The van der Waals surface area contributed by atoms with Crippen molar-refractivity contribution < 1.29 is 0 Å². The van der Waals surface area contributed by atoms with Crippen LogP contribution in [0.1, 0.15) is 20.8 Å². The summed E-state index contributed by atoms with van der Waals surface area (Å²) < 4.78 is 1.08. The lowest BCUT2D eigenvalue weighted by atomic mass is 10.3. The molecule has 0 amide bonds. The van der Waals surface area contributed by atoms with Crippen molar-refractivity contribution in [3.05, 3.63) is 14.9 Å². The average molecular weight is 329 g/mol.